The van der Waals surface area contributed by atoms with E-state index in [0.717, 1.165) is 135 Å². The van der Waals surface area contributed by atoms with Crippen LogP contribution in [0.1, 0.15) is 206 Å². The summed E-state index contributed by atoms with van der Waals surface area (Å²) < 4.78 is 22.8. The van der Waals surface area contributed by atoms with Crippen LogP contribution in [0.25, 0.3) is 0 Å². The predicted octanol–water partition coefficient (Wildman–Crippen LogP) is 19.1. The Bertz CT molecular complexity index is 1930. The van der Waals surface area contributed by atoms with Crippen LogP contribution in [-0.2, 0) is 33.3 Å². The van der Waals surface area contributed by atoms with E-state index in [4.69, 9.17) is 18.9 Å². The van der Waals surface area contributed by atoms with Crippen molar-refractivity contribution in [2.45, 2.75) is 219 Å². The fourth-order valence-corrected chi connectivity index (χ4v) is 7.74. The molecule has 0 bridgehead atoms. The molecule has 0 rings (SSSR count). The second kappa shape index (κ2) is 60.7. The molecule has 0 aliphatic rings. The minimum atomic E-state index is -1.54. The lowest BCUT2D eigenvalue weighted by atomic mass is 10.1. The zero-order chi connectivity index (χ0) is 59.1. The normalized spacial score (nSPS) is 13.9. The van der Waals surface area contributed by atoms with E-state index in [2.05, 4.69) is 184 Å². The first kappa shape index (κ1) is 75.7. The number of carbonyl (C=O) groups is 3. The van der Waals surface area contributed by atoms with Crippen molar-refractivity contribution in [3.05, 3.63) is 170 Å². The summed E-state index contributed by atoms with van der Waals surface area (Å²) in [7, 11) is 5.94. The summed E-state index contributed by atoms with van der Waals surface area (Å²) in [6.45, 7) is 4.57. The number of carboxylic acids is 1. The molecule has 0 spiro atoms. The maximum absolute atomic E-state index is 12.9. The van der Waals surface area contributed by atoms with Gasteiger partial charge in [0.1, 0.15) is 13.2 Å². The predicted molar refractivity (Wildman–Crippen MR) is 345 cm³/mol. The first-order valence-corrected chi connectivity index (χ1v) is 31.3. The Hall–Kier alpha value is -5.35. The van der Waals surface area contributed by atoms with E-state index in [1.807, 2.05) is 21.1 Å². The highest BCUT2D eigenvalue weighted by Gasteiger charge is 2.25. The van der Waals surface area contributed by atoms with Gasteiger partial charge in [0, 0.05) is 12.8 Å². The molecule has 0 fully saturated rings. The molecule has 9 nitrogen and oxygen atoms in total. The summed E-state index contributed by atoms with van der Waals surface area (Å²) in [6.07, 6.45) is 88.7. The number of esters is 2. The average molecular weight is 1120 g/mol. The van der Waals surface area contributed by atoms with Gasteiger partial charge in [-0.3, -0.25) is 9.59 Å². The fraction of sp³-hybridized carbons (Fsp3) is 0.569. The van der Waals surface area contributed by atoms with Gasteiger partial charge in [-0.05, 0) is 128 Å². The van der Waals surface area contributed by atoms with E-state index in [1.165, 1.54) is 38.5 Å². The first-order chi connectivity index (χ1) is 39.6. The van der Waals surface area contributed by atoms with Gasteiger partial charge >= 0.3 is 17.9 Å². The molecule has 0 saturated carbocycles. The number of hydrogen-bond acceptors (Lipinski definition) is 7. The topological polar surface area (TPSA) is 108 Å². The van der Waals surface area contributed by atoms with Crippen molar-refractivity contribution in [2.24, 2.45) is 0 Å². The molecule has 0 radical (unpaired) electrons. The molecular formula is C72H114NO8+. The van der Waals surface area contributed by atoms with Crippen LogP contribution in [0.4, 0.5) is 0 Å². The van der Waals surface area contributed by atoms with E-state index in [-0.39, 0.29) is 38.6 Å². The molecule has 81 heavy (non-hydrogen) atoms. The summed E-state index contributed by atoms with van der Waals surface area (Å²) in [4.78, 5) is 37.5. The molecular weight excluding hydrogens is 1010 g/mol. The van der Waals surface area contributed by atoms with Crippen LogP contribution in [0.2, 0.25) is 0 Å². The highest BCUT2D eigenvalue weighted by atomic mass is 16.7. The van der Waals surface area contributed by atoms with Crippen LogP contribution < -0.4 is 0 Å². The lowest BCUT2D eigenvalue weighted by Crippen LogP contribution is -2.40. The maximum atomic E-state index is 12.9. The largest absolute Gasteiger partial charge is 0.477 e. The SMILES string of the molecule is CC/C=C\C/C=C\C/C=C\C/C=C\C/C=C\C/C=C\C/C=C\C/C=C\C/C=C\C/C=C\CCCCC(=O)OC(COC(=O)CCCCCCCCCCCC/C=C\C/C=C\C/C=C\C/C=C\CC)COC(OCC[N+](C)(C)C)C(=O)O. The maximum Gasteiger partial charge on any atom is 0.361 e. The number of allylic oxidation sites excluding steroid dienone is 28. The smallest absolute Gasteiger partial charge is 0.361 e. The third-order valence-corrected chi connectivity index (χ3v) is 12.5. The van der Waals surface area contributed by atoms with E-state index >= 15 is 0 Å². The molecule has 2 atom stereocenters. The second-order valence-corrected chi connectivity index (χ2v) is 21.2. The van der Waals surface area contributed by atoms with Crippen molar-refractivity contribution < 1.29 is 42.9 Å². The molecule has 0 aromatic rings. The Morgan fingerprint density at radius 2 is 0.667 bits per heavy atom. The van der Waals surface area contributed by atoms with Crippen LogP contribution in [0.3, 0.4) is 0 Å². The molecule has 0 heterocycles. The number of carboxylic acid groups (broad SMARTS) is 1. The second-order valence-electron chi connectivity index (χ2n) is 21.2. The van der Waals surface area contributed by atoms with Gasteiger partial charge in [-0.2, -0.15) is 0 Å². The highest BCUT2D eigenvalue weighted by Crippen LogP contribution is 2.14. The van der Waals surface area contributed by atoms with Gasteiger partial charge in [0.05, 0.1) is 34.4 Å². The lowest BCUT2D eigenvalue weighted by molar-refractivity contribution is -0.870. The van der Waals surface area contributed by atoms with E-state index in [1.54, 1.807) is 0 Å². The zero-order valence-corrected chi connectivity index (χ0v) is 51.6. The summed E-state index contributed by atoms with van der Waals surface area (Å²) >= 11 is 0. The number of nitrogens with zero attached hydrogens (tertiary/aromatic N) is 1. The van der Waals surface area contributed by atoms with Crippen LogP contribution >= 0.6 is 0 Å². The van der Waals surface area contributed by atoms with Crippen molar-refractivity contribution in [2.75, 3.05) is 47.5 Å². The summed E-state index contributed by atoms with van der Waals surface area (Å²) in [5.41, 5.74) is 0. The molecule has 0 aliphatic heterocycles. The lowest BCUT2D eigenvalue weighted by Gasteiger charge is -2.25. The number of ether oxygens (including phenoxy) is 4. The number of likely N-dealkylation sites (N-methyl/N-ethyl adjacent to an activating group) is 1. The van der Waals surface area contributed by atoms with Crippen LogP contribution in [0.5, 0.6) is 0 Å². The monoisotopic (exact) mass is 1120 g/mol. The van der Waals surface area contributed by atoms with Gasteiger partial charge in [0.15, 0.2) is 6.10 Å². The van der Waals surface area contributed by atoms with Crippen LogP contribution in [-0.4, -0.2) is 87.4 Å². The third-order valence-electron chi connectivity index (χ3n) is 12.5. The summed E-state index contributed by atoms with van der Waals surface area (Å²) in [5, 5.41) is 9.72. The highest BCUT2D eigenvalue weighted by molar-refractivity contribution is 5.71. The van der Waals surface area contributed by atoms with Crippen LogP contribution in [0.15, 0.2) is 170 Å². The van der Waals surface area contributed by atoms with Crippen molar-refractivity contribution >= 4 is 17.9 Å². The Morgan fingerprint density at radius 1 is 0.370 bits per heavy atom. The van der Waals surface area contributed by atoms with Gasteiger partial charge in [-0.25, -0.2) is 4.79 Å². The minimum Gasteiger partial charge on any atom is -0.477 e. The molecule has 1 N–H and O–H groups in total. The van der Waals surface area contributed by atoms with Crippen molar-refractivity contribution in [3.8, 4) is 0 Å². The van der Waals surface area contributed by atoms with E-state index in [0.29, 0.717) is 17.4 Å². The van der Waals surface area contributed by atoms with E-state index in [9.17, 15) is 19.5 Å². The number of rotatable bonds is 55. The Labute approximate surface area is 495 Å². The molecule has 2 unspecified atom stereocenters. The molecule has 0 amide bonds. The van der Waals surface area contributed by atoms with Gasteiger partial charge < -0.3 is 28.5 Å². The number of unbranched alkanes of at least 4 members (excludes halogenated alkanes) is 12. The molecule has 0 aliphatic carbocycles. The Kier molecular flexibility index (Phi) is 56.7. The van der Waals surface area contributed by atoms with Gasteiger partial charge in [0.25, 0.3) is 6.29 Å². The molecule has 0 aromatic heterocycles. The fourth-order valence-electron chi connectivity index (χ4n) is 7.74. The number of carbonyl (C=O) groups excluding carboxylic acids is 2. The number of hydrogen-bond donors (Lipinski definition) is 1. The first-order valence-electron chi connectivity index (χ1n) is 31.3. The van der Waals surface area contributed by atoms with Gasteiger partial charge in [-0.1, -0.05) is 235 Å². The van der Waals surface area contributed by atoms with E-state index < -0.39 is 24.3 Å². The minimum absolute atomic E-state index is 0.168. The van der Waals surface area contributed by atoms with Crippen molar-refractivity contribution in [1.82, 2.24) is 0 Å². The van der Waals surface area contributed by atoms with Gasteiger partial charge in [0.2, 0.25) is 0 Å². The van der Waals surface area contributed by atoms with Gasteiger partial charge in [-0.15, -0.1) is 0 Å². The Balaban J connectivity index is 4.36. The van der Waals surface area contributed by atoms with Crippen LogP contribution in [0, 0.1) is 0 Å². The molecule has 0 aromatic carbocycles. The molecule has 9 heteroatoms. The molecule has 0 saturated heterocycles. The van der Waals surface area contributed by atoms with Crippen molar-refractivity contribution in [3.63, 3.8) is 0 Å². The number of quaternary nitrogens is 1. The number of aliphatic carboxylic acids is 1. The third kappa shape index (κ3) is 62.1. The Morgan fingerprint density at radius 3 is 1.01 bits per heavy atom. The average Bonchev–Trinajstić information content (AvgIpc) is 3.44. The van der Waals surface area contributed by atoms with Crippen molar-refractivity contribution in [1.29, 1.82) is 0 Å². The molecule has 454 valence electrons. The quantitative estimate of drug-likeness (QED) is 0.0211. The summed E-state index contributed by atoms with van der Waals surface area (Å²) in [6, 6.07) is 0. The summed E-state index contributed by atoms with van der Waals surface area (Å²) in [5.74, 6) is -2.09. The zero-order valence-electron chi connectivity index (χ0n) is 51.6. The standard InChI is InChI=1S/C72H113NO8/c1-6-8-10-12-14-16-18-20-22-24-26-28-30-31-32-33-34-35-36-37-38-39-41-43-45-47-49-51-53-55-57-59-61-63-70(75)81-68(67-80-72(71(76)77)78-65-64-73(3,4)5)66-79-69(74)62-60-58-56-54-52-50-48-46-44-42-40-29-27-25-23-21-19-17-15-13-11-9-7-2/h8-11,14-17,20-23,26-29,31-32,34-35,37-38,41,43,47,49,53,55,68,72H,6-7,12-13,18-19,24-25,30,33,36,39-40,42,44-46,48,50-52,54,56-67H2,1-5H3/p+1/b10-8-,11-9-,16-14-,17-15-,22-20-,23-21-,28-26-,29-27-,32-31-,35-34-,38-37-,43-41-,49-47-,55-53-.